The molecule has 1 nitrogen and oxygen atoms in total. The van der Waals surface area contributed by atoms with Gasteiger partial charge >= 0.3 is 0 Å². The fourth-order valence-electron chi connectivity index (χ4n) is 2.14. The number of rotatable bonds is 4. The minimum atomic E-state index is -0.0448. The highest BCUT2D eigenvalue weighted by atomic mass is 14.7. The van der Waals surface area contributed by atoms with Crippen molar-refractivity contribution in [3.63, 3.8) is 0 Å². The van der Waals surface area contributed by atoms with Gasteiger partial charge < -0.3 is 5.73 Å². The van der Waals surface area contributed by atoms with Crippen LogP contribution in [0.3, 0.4) is 0 Å². The van der Waals surface area contributed by atoms with Gasteiger partial charge in [-0.1, -0.05) is 42.5 Å². The highest BCUT2D eigenvalue weighted by molar-refractivity contribution is 5.82. The normalized spacial score (nSPS) is 11.9. The van der Waals surface area contributed by atoms with Crippen LogP contribution in [0, 0.1) is 0 Å². The Bertz CT molecular complexity index is 494. The van der Waals surface area contributed by atoms with Crippen LogP contribution >= 0.6 is 0 Å². The van der Waals surface area contributed by atoms with Crippen LogP contribution in [0.5, 0.6) is 0 Å². The third-order valence-corrected chi connectivity index (χ3v) is 3.10. The Morgan fingerprint density at radius 1 is 1.00 bits per heavy atom. The van der Waals surface area contributed by atoms with Crippen molar-refractivity contribution >= 4 is 10.8 Å². The van der Waals surface area contributed by atoms with Crippen LogP contribution < -0.4 is 5.73 Å². The lowest BCUT2D eigenvalue weighted by molar-refractivity contribution is 0.459. The molecular weight excluding hydrogens is 206 g/mol. The van der Waals surface area contributed by atoms with Crippen LogP contribution in [0.1, 0.15) is 32.3 Å². The number of fused-ring (bicyclic) bond motifs is 1. The molecule has 2 aromatic rings. The first-order chi connectivity index (χ1) is 8.04. The lowest BCUT2D eigenvalue weighted by atomic mass is 9.96. The van der Waals surface area contributed by atoms with Crippen LogP contribution in [0.4, 0.5) is 0 Å². The zero-order chi connectivity index (χ0) is 12.3. The molecule has 0 spiro atoms. The predicted octanol–water partition coefficient (Wildman–Crippen LogP) is 3.90. The second kappa shape index (κ2) is 4.89. The number of hydrogen-bond donors (Lipinski definition) is 1. The van der Waals surface area contributed by atoms with Crippen LogP contribution in [0.25, 0.3) is 10.8 Å². The van der Waals surface area contributed by atoms with Gasteiger partial charge in [0.25, 0.3) is 0 Å². The van der Waals surface area contributed by atoms with Gasteiger partial charge in [0.2, 0.25) is 0 Å². The van der Waals surface area contributed by atoms with E-state index in [9.17, 15) is 0 Å². The molecule has 0 aromatic heterocycles. The summed E-state index contributed by atoms with van der Waals surface area (Å²) in [6, 6.07) is 15.2. The van der Waals surface area contributed by atoms with Crippen molar-refractivity contribution in [2.75, 3.05) is 0 Å². The van der Waals surface area contributed by atoms with Crippen LogP contribution in [0.2, 0.25) is 0 Å². The molecule has 17 heavy (non-hydrogen) atoms. The van der Waals surface area contributed by atoms with Gasteiger partial charge in [0, 0.05) is 5.54 Å². The molecule has 90 valence electrons. The maximum atomic E-state index is 5.99. The molecule has 1 heteroatoms. The molecule has 0 unspecified atom stereocenters. The fourth-order valence-corrected chi connectivity index (χ4v) is 2.14. The van der Waals surface area contributed by atoms with Crippen LogP contribution in [-0.4, -0.2) is 5.54 Å². The summed E-state index contributed by atoms with van der Waals surface area (Å²) in [5, 5.41) is 2.65. The van der Waals surface area contributed by atoms with Gasteiger partial charge in [0.15, 0.2) is 0 Å². The largest absolute Gasteiger partial charge is 0.326 e. The Balaban J connectivity index is 2.04. The van der Waals surface area contributed by atoms with E-state index in [1.54, 1.807) is 0 Å². The monoisotopic (exact) mass is 227 g/mol. The molecule has 2 aromatic carbocycles. The smallest absolute Gasteiger partial charge is 0.00971 e. The molecule has 0 aliphatic carbocycles. The Morgan fingerprint density at radius 2 is 1.71 bits per heavy atom. The maximum absolute atomic E-state index is 5.99. The molecule has 0 aliphatic rings. The fraction of sp³-hybridized carbons (Fsp3) is 0.375. The highest BCUT2D eigenvalue weighted by Gasteiger charge is 2.09. The molecule has 0 aliphatic heterocycles. The average molecular weight is 227 g/mol. The zero-order valence-electron chi connectivity index (χ0n) is 10.7. The van der Waals surface area contributed by atoms with E-state index in [4.69, 9.17) is 5.73 Å². The minimum Gasteiger partial charge on any atom is -0.326 e. The first-order valence-electron chi connectivity index (χ1n) is 6.31. The number of aryl methyl sites for hydroxylation is 1. The van der Waals surface area contributed by atoms with Gasteiger partial charge in [0.05, 0.1) is 0 Å². The molecule has 0 saturated heterocycles. The quantitative estimate of drug-likeness (QED) is 0.842. The summed E-state index contributed by atoms with van der Waals surface area (Å²) in [5.74, 6) is 0. The Labute approximate surface area is 104 Å². The number of benzene rings is 2. The third-order valence-electron chi connectivity index (χ3n) is 3.10. The molecule has 0 radical (unpaired) electrons. The molecule has 0 saturated carbocycles. The Hall–Kier alpha value is -1.34. The Morgan fingerprint density at radius 3 is 2.41 bits per heavy atom. The van der Waals surface area contributed by atoms with E-state index in [1.165, 1.54) is 16.3 Å². The van der Waals surface area contributed by atoms with Gasteiger partial charge in [-0.3, -0.25) is 0 Å². The van der Waals surface area contributed by atoms with Gasteiger partial charge in [0.1, 0.15) is 0 Å². The van der Waals surface area contributed by atoms with E-state index >= 15 is 0 Å². The van der Waals surface area contributed by atoms with Crippen LogP contribution in [-0.2, 0) is 6.42 Å². The second-order valence-corrected chi connectivity index (χ2v) is 5.52. The summed E-state index contributed by atoms with van der Waals surface area (Å²) >= 11 is 0. The second-order valence-electron chi connectivity index (χ2n) is 5.52. The number of hydrogen-bond acceptors (Lipinski definition) is 1. The lowest BCUT2D eigenvalue weighted by Gasteiger charge is -2.17. The van der Waals surface area contributed by atoms with Crippen molar-refractivity contribution in [2.45, 2.75) is 38.6 Å². The maximum Gasteiger partial charge on any atom is 0.00971 e. The molecule has 0 atom stereocenters. The van der Waals surface area contributed by atoms with Gasteiger partial charge in [-0.05, 0) is 49.4 Å². The van der Waals surface area contributed by atoms with E-state index in [-0.39, 0.29) is 5.54 Å². The summed E-state index contributed by atoms with van der Waals surface area (Å²) in [7, 11) is 0. The van der Waals surface area contributed by atoms with Gasteiger partial charge in [-0.25, -0.2) is 0 Å². The summed E-state index contributed by atoms with van der Waals surface area (Å²) < 4.78 is 0. The third kappa shape index (κ3) is 3.57. The zero-order valence-corrected chi connectivity index (χ0v) is 10.7. The van der Waals surface area contributed by atoms with Crippen molar-refractivity contribution < 1.29 is 0 Å². The topological polar surface area (TPSA) is 26.0 Å². The molecular formula is C16H21N. The van der Waals surface area contributed by atoms with Crippen molar-refractivity contribution in [1.29, 1.82) is 0 Å². The molecule has 0 heterocycles. The minimum absolute atomic E-state index is 0.0448. The lowest BCUT2D eigenvalue weighted by Crippen LogP contribution is -2.31. The van der Waals surface area contributed by atoms with Crippen molar-refractivity contribution in [3.8, 4) is 0 Å². The Kier molecular flexibility index (Phi) is 3.49. The molecule has 0 amide bonds. The van der Waals surface area contributed by atoms with E-state index in [2.05, 4.69) is 56.3 Å². The summed E-state index contributed by atoms with van der Waals surface area (Å²) in [6.45, 7) is 4.18. The first kappa shape index (κ1) is 12.1. The SMILES string of the molecule is CC(C)(N)CCCc1ccc2ccccc2c1. The molecule has 0 bridgehead atoms. The van der Waals surface area contributed by atoms with Crippen molar-refractivity contribution in [1.82, 2.24) is 0 Å². The van der Waals surface area contributed by atoms with E-state index in [1.807, 2.05) is 0 Å². The summed E-state index contributed by atoms with van der Waals surface area (Å²) in [6.07, 6.45) is 3.34. The van der Waals surface area contributed by atoms with Gasteiger partial charge in [-0.15, -0.1) is 0 Å². The molecule has 0 fully saturated rings. The number of nitrogens with two attached hydrogens (primary N) is 1. The first-order valence-corrected chi connectivity index (χ1v) is 6.31. The van der Waals surface area contributed by atoms with E-state index in [0.29, 0.717) is 0 Å². The molecule has 2 N–H and O–H groups in total. The summed E-state index contributed by atoms with van der Waals surface area (Å²) in [4.78, 5) is 0. The highest BCUT2D eigenvalue weighted by Crippen LogP contribution is 2.18. The van der Waals surface area contributed by atoms with Crippen molar-refractivity contribution in [2.24, 2.45) is 5.73 Å². The van der Waals surface area contributed by atoms with E-state index < -0.39 is 0 Å². The van der Waals surface area contributed by atoms with Gasteiger partial charge in [-0.2, -0.15) is 0 Å². The summed E-state index contributed by atoms with van der Waals surface area (Å²) in [5.41, 5.74) is 7.36. The average Bonchev–Trinajstić information content (AvgIpc) is 2.27. The van der Waals surface area contributed by atoms with Crippen LogP contribution in [0.15, 0.2) is 42.5 Å². The molecule has 2 rings (SSSR count). The predicted molar refractivity (Wildman–Crippen MR) is 75.2 cm³/mol. The van der Waals surface area contributed by atoms with E-state index in [0.717, 1.165) is 19.3 Å². The van der Waals surface area contributed by atoms with Crippen molar-refractivity contribution in [3.05, 3.63) is 48.0 Å². The standard InChI is InChI=1S/C16H21N/c1-16(2,17)11-5-6-13-9-10-14-7-3-4-8-15(14)12-13/h3-4,7-10,12H,5-6,11,17H2,1-2H3.